The molecule has 0 saturated carbocycles. The van der Waals surface area contributed by atoms with Crippen LogP contribution in [0, 0.1) is 0 Å². The first kappa shape index (κ1) is 16.2. The number of hydrogen-bond donors (Lipinski definition) is 1. The van der Waals surface area contributed by atoms with Crippen molar-refractivity contribution in [3.8, 4) is 0 Å². The lowest BCUT2D eigenvalue weighted by Gasteiger charge is -2.20. The van der Waals surface area contributed by atoms with Crippen LogP contribution in [-0.2, 0) is 14.3 Å². The van der Waals surface area contributed by atoms with Gasteiger partial charge in [-0.05, 0) is 20.3 Å². The van der Waals surface area contributed by atoms with Crippen LogP contribution in [0.2, 0.25) is 0 Å². The topological polar surface area (TPSA) is 61.9 Å². The Hall–Kier alpha value is -1.14. The molecule has 2 amide bonds. The summed E-state index contributed by atoms with van der Waals surface area (Å²) in [5.41, 5.74) is 0. The van der Waals surface area contributed by atoms with Gasteiger partial charge in [0.1, 0.15) is 0 Å². The molecule has 2 rings (SSSR count). The van der Waals surface area contributed by atoms with E-state index in [1.54, 1.807) is 12.0 Å². The number of methoxy groups -OCH3 is 1. The van der Waals surface area contributed by atoms with Crippen LogP contribution in [0.25, 0.3) is 0 Å². The molecule has 120 valence electrons. The summed E-state index contributed by atoms with van der Waals surface area (Å²) in [5.74, 6) is 0.178. The van der Waals surface area contributed by atoms with Gasteiger partial charge in [-0.3, -0.25) is 14.5 Å². The van der Waals surface area contributed by atoms with Gasteiger partial charge in [-0.15, -0.1) is 0 Å². The largest absolute Gasteiger partial charge is 0.378 e. The molecule has 21 heavy (non-hydrogen) atoms. The van der Waals surface area contributed by atoms with E-state index in [9.17, 15) is 9.59 Å². The van der Waals surface area contributed by atoms with Crippen molar-refractivity contribution in [2.45, 2.75) is 51.3 Å². The van der Waals surface area contributed by atoms with Crippen LogP contribution >= 0.6 is 0 Å². The summed E-state index contributed by atoms with van der Waals surface area (Å²) in [6.07, 6.45) is 1.96. The second kappa shape index (κ2) is 7.22. The number of nitrogens with zero attached hydrogens (tertiary/aromatic N) is 2. The highest BCUT2D eigenvalue weighted by Gasteiger charge is 2.34. The van der Waals surface area contributed by atoms with Gasteiger partial charge in [0.15, 0.2) is 0 Å². The van der Waals surface area contributed by atoms with Crippen LogP contribution in [0.3, 0.4) is 0 Å². The monoisotopic (exact) mass is 297 g/mol. The standard InChI is InChI=1S/C15H27N3O3/c1-11(2)18-9-12(13(10-18)21-3)16-14(19)6-8-17-7-4-5-15(17)20/h11-13H,4-10H2,1-3H3,(H,16,19)/t12-,13-/m0/s1. The fourth-order valence-electron chi connectivity index (χ4n) is 3.06. The van der Waals surface area contributed by atoms with Gasteiger partial charge >= 0.3 is 0 Å². The molecule has 0 unspecified atom stereocenters. The minimum Gasteiger partial charge on any atom is -0.378 e. The third-order valence-corrected chi connectivity index (χ3v) is 4.45. The molecule has 0 aliphatic carbocycles. The lowest BCUT2D eigenvalue weighted by Crippen LogP contribution is -2.44. The SMILES string of the molecule is CO[C@H]1CN(C(C)C)C[C@@H]1NC(=O)CCN1CCCC1=O. The van der Waals surface area contributed by atoms with Crippen molar-refractivity contribution in [1.82, 2.24) is 15.1 Å². The van der Waals surface area contributed by atoms with E-state index in [0.717, 1.165) is 26.1 Å². The third-order valence-electron chi connectivity index (χ3n) is 4.45. The third kappa shape index (κ3) is 4.17. The molecule has 2 atom stereocenters. The fraction of sp³-hybridized carbons (Fsp3) is 0.867. The average molecular weight is 297 g/mol. The summed E-state index contributed by atoms with van der Waals surface area (Å²) in [6, 6.07) is 0.492. The Morgan fingerprint density at radius 3 is 2.76 bits per heavy atom. The molecule has 0 aromatic heterocycles. The summed E-state index contributed by atoms with van der Waals surface area (Å²) in [5, 5.41) is 3.06. The zero-order valence-electron chi connectivity index (χ0n) is 13.3. The Balaban J connectivity index is 1.77. The fourth-order valence-corrected chi connectivity index (χ4v) is 3.06. The Morgan fingerprint density at radius 2 is 2.19 bits per heavy atom. The maximum atomic E-state index is 12.1. The van der Waals surface area contributed by atoms with E-state index >= 15 is 0 Å². The number of ether oxygens (including phenoxy) is 1. The number of hydrogen-bond acceptors (Lipinski definition) is 4. The molecule has 2 saturated heterocycles. The molecule has 6 nitrogen and oxygen atoms in total. The molecule has 0 bridgehead atoms. The normalized spacial score (nSPS) is 26.9. The molecule has 0 spiro atoms. The number of carbonyl (C=O) groups excluding carboxylic acids is 2. The molecule has 2 heterocycles. The van der Waals surface area contributed by atoms with Gasteiger partial charge < -0.3 is 15.0 Å². The second-order valence-electron chi connectivity index (χ2n) is 6.23. The molecular formula is C15H27N3O3. The van der Waals surface area contributed by atoms with E-state index in [2.05, 4.69) is 24.1 Å². The molecule has 2 aliphatic heterocycles. The van der Waals surface area contributed by atoms with Gasteiger partial charge in [0.2, 0.25) is 11.8 Å². The predicted octanol–water partition coefficient (Wildman–Crippen LogP) is 0.223. The summed E-state index contributed by atoms with van der Waals surface area (Å²) in [4.78, 5) is 27.7. The molecule has 0 aromatic rings. The molecule has 2 fully saturated rings. The van der Waals surface area contributed by atoms with Crippen molar-refractivity contribution in [1.29, 1.82) is 0 Å². The minimum absolute atomic E-state index is 0.00681. The van der Waals surface area contributed by atoms with Crippen LogP contribution in [0.5, 0.6) is 0 Å². The summed E-state index contributed by atoms with van der Waals surface area (Å²) < 4.78 is 5.48. The Labute approximate surface area is 126 Å². The average Bonchev–Trinajstić information content (AvgIpc) is 3.02. The van der Waals surface area contributed by atoms with Gasteiger partial charge in [-0.25, -0.2) is 0 Å². The minimum atomic E-state index is 0.00681. The Bertz CT molecular complexity index is 386. The van der Waals surface area contributed by atoms with Crippen molar-refractivity contribution in [3.05, 3.63) is 0 Å². The van der Waals surface area contributed by atoms with Gasteiger partial charge in [0, 0.05) is 52.2 Å². The zero-order valence-corrected chi connectivity index (χ0v) is 13.3. The van der Waals surface area contributed by atoms with Crippen LogP contribution in [0.15, 0.2) is 0 Å². The number of nitrogens with one attached hydrogen (secondary N) is 1. The van der Waals surface area contributed by atoms with Crippen molar-refractivity contribution >= 4 is 11.8 Å². The maximum Gasteiger partial charge on any atom is 0.222 e. The van der Waals surface area contributed by atoms with E-state index in [-0.39, 0.29) is 24.0 Å². The maximum absolute atomic E-state index is 12.1. The van der Waals surface area contributed by atoms with Crippen LogP contribution in [0.1, 0.15) is 33.1 Å². The van der Waals surface area contributed by atoms with E-state index < -0.39 is 0 Å². The molecule has 1 N–H and O–H groups in total. The number of rotatable bonds is 6. The molecular weight excluding hydrogens is 270 g/mol. The summed E-state index contributed by atoms with van der Waals surface area (Å²) in [7, 11) is 1.69. The van der Waals surface area contributed by atoms with E-state index in [1.807, 2.05) is 0 Å². The van der Waals surface area contributed by atoms with Crippen molar-refractivity contribution in [3.63, 3.8) is 0 Å². The highest BCUT2D eigenvalue weighted by molar-refractivity contribution is 5.80. The quantitative estimate of drug-likeness (QED) is 0.762. The predicted molar refractivity (Wildman–Crippen MR) is 79.9 cm³/mol. The molecule has 0 aromatic carbocycles. The second-order valence-corrected chi connectivity index (χ2v) is 6.23. The van der Waals surface area contributed by atoms with Gasteiger partial charge in [-0.1, -0.05) is 0 Å². The molecule has 0 radical (unpaired) electrons. The van der Waals surface area contributed by atoms with E-state index in [4.69, 9.17) is 4.74 Å². The number of likely N-dealkylation sites (tertiary alicyclic amines) is 2. The van der Waals surface area contributed by atoms with E-state index in [1.165, 1.54) is 0 Å². The smallest absolute Gasteiger partial charge is 0.222 e. The number of carbonyl (C=O) groups is 2. The van der Waals surface area contributed by atoms with E-state index in [0.29, 0.717) is 25.4 Å². The lowest BCUT2D eigenvalue weighted by atomic mass is 10.2. The first-order chi connectivity index (χ1) is 10.0. The van der Waals surface area contributed by atoms with Crippen LogP contribution < -0.4 is 5.32 Å². The first-order valence-corrected chi connectivity index (χ1v) is 7.85. The van der Waals surface area contributed by atoms with Gasteiger partial charge in [0.05, 0.1) is 12.1 Å². The summed E-state index contributed by atoms with van der Waals surface area (Å²) in [6.45, 7) is 7.29. The first-order valence-electron chi connectivity index (χ1n) is 7.85. The molecule has 6 heteroatoms. The highest BCUT2D eigenvalue weighted by Crippen LogP contribution is 2.16. The Morgan fingerprint density at radius 1 is 1.43 bits per heavy atom. The van der Waals surface area contributed by atoms with Gasteiger partial charge in [-0.2, -0.15) is 0 Å². The van der Waals surface area contributed by atoms with Crippen LogP contribution in [-0.4, -0.2) is 73.1 Å². The van der Waals surface area contributed by atoms with Crippen molar-refractivity contribution in [2.75, 3.05) is 33.3 Å². The van der Waals surface area contributed by atoms with Crippen molar-refractivity contribution in [2.24, 2.45) is 0 Å². The van der Waals surface area contributed by atoms with Crippen LogP contribution in [0.4, 0.5) is 0 Å². The molecule has 2 aliphatic rings. The van der Waals surface area contributed by atoms with Gasteiger partial charge in [0.25, 0.3) is 0 Å². The summed E-state index contributed by atoms with van der Waals surface area (Å²) >= 11 is 0. The number of amides is 2. The zero-order chi connectivity index (χ0) is 15.4. The van der Waals surface area contributed by atoms with Crippen molar-refractivity contribution < 1.29 is 14.3 Å². The Kier molecular flexibility index (Phi) is 5.58. The lowest BCUT2D eigenvalue weighted by molar-refractivity contribution is -0.128. The highest BCUT2D eigenvalue weighted by atomic mass is 16.5.